The highest BCUT2D eigenvalue weighted by Crippen LogP contribution is 2.28. The number of anilines is 1. The zero-order chi connectivity index (χ0) is 17.8. The van der Waals surface area contributed by atoms with Crippen molar-refractivity contribution in [2.24, 2.45) is 0 Å². The van der Waals surface area contributed by atoms with Gasteiger partial charge in [0.05, 0.1) is 12.8 Å². The summed E-state index contributed by atoms with van der Waals surface area (Å²) in [6, 6.07) is 5.54. The van der Waals surface area contributed by atoms with Crippen molar-refractivity contribution < 1.29 is 14.3 Å². The van der Waals surface area contributed by atoms with Crippen LogP contribution in [0, 0.1) is 13.8 Å². The molecule has 0 saturated carbocycles. The van der Waals surface area contributed by atoms with Crippen LogP contribution in [0.4, 0.5) is 5.69 Å². The molecule has 2 aromatic rings. The molecule has 0 spiro atoms. The van der Waals surface area contributed by atoms with Gasteiger partial charge in [-0.25, -0.2) is 4.68 Å². The molecular formula is C18H24N4O3. The lowest BCUT2D eigenvalue weighted by Crippen LogP contribution is -2.30. The minimum Gasteiger partial charge on any atom is -0.496 e. The molecule has 1 fully saturated rings. The Balaban J connectivity index is 1.66. The topological polar surface area (TPSA) is 77.4 Å². The Bertz CT molecular complexity index is 751. The van der Waals surface area contributed by atoms with E-state index in [9.17, 15) is 4.79 Å². The van der Waals surface area contributed by atoms with Gasteiger partial charge in [-0.1, -0.05) is 6.07 Å². The molecule has 0 radical (unpaired) electrons. The number of hydrogen-bond acceptors (Lipinski definition) is 5. The lowest BCUT2D eigenvalue weighted by molar-refractivity contribution is -0.0396. The van der Waals surface area contributed by atoms with Crippen molar-refractivity contribution in [3.05, 3.63) is 41.2 Å². The number of ether oxygens (including phenoxy) is 2. The smallest absolute Gasteiger partial charge is 0.290 e. The van der Waals surface area contributed by atoms with Crippen molar-refractivity contribution >= 4 is 11.6 Å². The Hall–Kier alpha value is -2.54. The number of hydrazine groups is 1. The maximum Gasteiger partial charge on any atom is 0.290 e. The minimum atomic E-state index is -0.295. The summed E-state index contributed by atoms with van der Waals surface area (Å²) in [7, 11) is 1.63. The van der Waals surface area contributed by atoms with Gasteiger partial charge in [-0.2, -0.15) is 5.10 Å². The maximum absolute atomic E-state index is 12.4. The van der Waals surface area contributed by atoms with Crippen LogP contribution in [-0.4, -0.2) is 29.4 Å². The molecule has 1 unspecified atom stereocenters. The molecule has 1 aliphatic heterocycles. The monoisotopic (exact) mass is 344 g/mol. The van der Waals surface area contributed by atoms with E-state index in [1.165, 1.54) is 0 Å². The van der Waals surface area contributed by atoms with Crippen molar-refractivity contribution in [1.29, 1.82) is 0 Å². The second-order valence-electron chi connectivity index (χ2n) is 6.17. The van der Waals surface area contributed by atoms with Crippen molar-refractivity contribution in [3.63, 3.8) is 0 Å². The number of aryl methyl sites for hydroxylation is 1. The van der Waals surface area contributed by atoms with E-state index in [4.69, 9.17) is 9.47 Å². The van der Waals surface area contributed by atoms with E-state index in [-0.39, 0.29) is 12.1 Å². The fourth-order valence-electron chi connectivity index (χ4n) is 2.98. The number of carbonyl (C=O) groups is 1. The molecule has 1 amide bonds. The zero-order valence-corrected chi connectivity index (χ0v) is 14.8. The highest BCUT2D eigenvalue weighted by Gasteiger charge is 2.18. The quantitative estimate of drug-likeness (QED) is 0.816. The number of nitrogens with one attached hydrogen (secondary N) is 2. The van der Waals surface area contributed by atoms with E-state index in [1.54, 1.807) is 24.1 Å². The van der Waals surface area contributed by atoms with E-state index in [2.05, 4.69) is 16.0 Å². The Morgan fingerprint density at radius 2 is 2.16 bits per heavy atom. The Morgan fingerprint density at radius 3 is 2.88 bits per heavy atom. The van der Waals surface area contributed by atoms with Crippen LogP contribution in [0.2, 0.25) is 0 Å². The van der Waals surface area contributed by atoms with E-state index in [0.717, 1.165) is 48.4 Å². The molecular weight excluding hydrogens is 320 g/mol. The number of aromatic nitrogens is 2. The van der Waals surface area contributed by atoms with Crippen LogP contribution in [0.5, 0.6) is 5.75 Å². The fourth-order valence-corrected chi connectivity index (χ4v) is 2.98. The predicted molar refractivity (Wildman–Crippen MR) is 94.6 cm³/mol. The van der Waals surface area contributed by atoms with E-state index in [0.29, 0.717) is 5.69 Å². The first-order chi connectivity index (χ1) is 12.1. The van der Waals surface area contributed by atoms with Crippen LogP contribution in [0.1, 0.15) is 47.1 Å². The summed E-state index contributed by atoms with van der Waals surface area (Å²) in [4.78, 5) is 12.4. The number of hydrogen-bond donors (Lipinski definition) is 2. The molecule has 7 heteroatoms. The maximum atomic E-state index is 12.4. The number of rotatable bonds is 5. The summed E-state index contributed by atoms with van der Waals surface area (Å²) >= 11 is 0. The molecule has 1 aromatic heterocycles. The SMILES string of the molecule is COc1ccc(C)c(NNC(=O)c2ccn(C3CCCCO3)n2)c1C. The summed E-state index contributed by atoms with van der Waals surface area (Å²) in [5.74, 6) is 0.470. The number of carbonyl (C=O) groups excluding carboxylic acids is 1. The lowest BCUT2D eigenvalue weighted by Gasteiger charge is -2.22. The van der Waals surface area contributed by atoms with Crippen molar-refractivity contribution in [2.75, 3.05) is 19.1 Å². The van der Waals surface area contributed by atoms with E-state index < -0.39 is 0 Å². The van der Waals surface area contributed by atoms with Crippen LogP contribution >= 0.6 is 0 Å². The Labute approximate surface area is 147 Å². The van der Waals surface area contributed by atoms with Gasteiger partial charge in [0.1, 0.15) is 12.0 Å². The van der Waals surface area contributed by atoms with Crippen LogP contribution < -0.4 is 15.6 Å². The number of benzene rings is 1. The van der Waals surface area contributed by atoms with Gasteiger partial charge >= 0.3 is 0 Å². The fraction of sp³-hybridized carbons (Fsp3) is 0.444. The van der Waals surface area contributed by atoms with Gasteiger partial charge in [0.15, 0.2) is 5.69 Å². The highest BCUT2D eigenvalue weighted by atomic mass is 16.5. The first kappa shape index (κ1) is 17.3. The van der Waals surface area contributed by atoms with Crippen molar-refractivity contribution in [1.82, 2.24) is 15.2 Å². The predicted octanol–water partition coefficient (Wildman–Crippen LogP) is 2.96. The van der Waals surface area contributed by atoms with E-state index >= 15 is 0 Å². The second-order valence-corrected chi connectivity index (χ2v) is 6.17. The van der Waals surface area contributed by atoms with Gasteiger partial charge < -0.3 is 9.47 Å². The molecule has 2 N–H and O–H groups in total. The summed E-state index contributed by atoms with van der Waals surface area (Å²) in [6.07, 6.45) is 4.82. The third kappa shape index (κ3) is 3.76. The van der Waals surface area contributed by atoms with Crippen LogP contribution in [-0.2, 0) is 4.74 Å². The lowest BCUT2D eigenvalue weighted by atomic mass is 10.1. The molecule has 1 aliphatic rings. The molecule has 0 aliphatic carbocycles. The molecule has 134 valence electrons. The summed E-state index contributed by atoms with van der Waals surface area (Å²) < 4.78 is 12.7. The van der Waals surface area contributed by atoms with Crippen LogP contribution in [0.15, 0.2) is 24.4 Å². The van der Waals surface area contributed by atoms with Crippen molar-refractivity contribution in [3.8, 4) is 5.75 Å². The highest BCUT2D eigenvalue weighted by molar-refractivity contribution is 5.93. The molecule has 3 rings (SSSR count). The Kier molecular flexibility index (Phi) is 5.23. The molecule has 0 bridgehead atoms. The molecule has 1 saturated heterocycles. The van der Waals surface area contributed by atoms with Gasteiger partial charge in [-0.05, 0) is 50.8 Å². The average Bonchev–Trinajstić information content (AvgIpc) is 3.12. The largest absolute Gasteiger partial charge is 0.496 e. The van der Waals surface area contributed by atoms with E-state index in [1.807, 2.05) is 26.0 Å². The zero-order valence-electron chi connectivity index (χ0n) is 14.8. The van der Waals surface area contributed by atoms with Crippen LogP contribution in [0.3, 0.4) is 0 Å². The number of amides is 1. The van der Waals surface area contributed by atoms with Gasteiger partial charge in [0, 0.05) is 18.4 Å². The van der Waals surface area contributed by atoms with Gasteiger partial charge in [-0.3, -0.25) is 15.6 Å². The number of nitrogens with zero attached hydrogens (tertiary/aromatic N) is 2. The minimum absolute atomic E-state index is 0.0777. The average molecular weight is 344 g/mol. The van der Waals surface area contributed by atoms with Crippen LogP contribution in [0.25, 0.3) is 0 Å². The summed E-state index contributed by atoms with van der Waals surface area (Å²) in [5.41, 5.74) is 8.80. The molecule has 2 heterocycles. The molecule has 1 aromatic carbocycles. The Morgan fingerprint density at radius 1 is 1.32 bits per heavy atom. The second kappa shape index (κ2) is 7.57. The van der Waals surface area contributed by atoms with Gasteiger partial charge in [0.25, 0.3) is 5.91 Å². The number of methoxy groups -OCH3 is 1. The summed E-state index contributed by atoms with van der Waals surface area (Å²) in [6.45, 7) is 4.65. The van der Waals surface area contributed by atoms with Crippen molar-refractivity contribution in [2.45, 2.75) is 39.3 Å². The van der Waals surface area contributed by atoms with Gasteiger partial charge in [-0.15, -0.1) is 0 Å². The third-order valence-electron chi connectivity index (χ3n) is 4.44. The third-order valence-corrected chi connectivity index (χ3v) is 4.44. The first-order valence-electron chi connectivity index (χ1n) is 8.47. The van der Waals surface area contributed by atoms with Gasteiger partial charge in [0.2, 0.25) is 0 Å². The molecule has 1 atom stereocenters. The summed E-state index contributed by atoms with van der Waals surface area (Å²) in [5, 5.41) is 4.34. The first-order valence-corrected chi connectivity index (χ1v) is 8.47. The molecule has 7 nitrogen and oxygen atoms in total. The standard InChI is InChI=1S/C18H24N4O3/c1-12-7-8-15(24-3)13(2)17(12)19-20-18(23)14-9-10-22(21-14)16-6-4-5-11-25-16/h7-10,16,19H,4-6,11H2,1-3H3,(H,20,23). The normalized spacial score (nSPS) is 17.2. The molecule has 25 heavy (non-hydrogen) atoms.